The lowest BCUT2D eigenvalue weighted by molar-refractivity contribution is -0.117. The van der Waals surface area contributed by atoms with Gasteiger partial charge in [-0.2, -0.15) is 14.6 Å². The normalized spacial score (nSPS) is 10.9. The maximum Gasteiger partial charge on any atom is 0.252 e. The van der Waals surface area contributed by atoms with Gasteiger partial charge in [-0.1, -0.05) is 30.3 Å². The van der Waals surface area contributed by atoms with Crippen molar-refractivity contribution in [1.29, 1.82) is 0 Å². The van der Waals surface area contributed by atoms with Crippen molar-refractivity contribution in [2.75, 3.05) is 5.32 Å². The third kappa shape index (κ3) is 4.15. The van der Waals surface area contributed by atoms with Crippen LogP contribution >= 0.6 is 0 Å². The van der Waals surface area contributed by atoms with Crippen molar-refractivity contribution in [2.45, 2.75) is 27.3 Å². The van der Waals surface area contributed by atoms with Crippen molar-refractivity contribution in [2.24, 2.45) is 0 Å². The maximum atomic E-state index is 12.5. The van der Waals surface area contributed by atoms with E-state index < -0.39 is 0 Å². The van der Waals surface area contributed by atoms with Crippen molar-refractivity contribution < 1.29 is 4.79 Å². The summed E-state index contributed by atoms with van der Waals surface area (Å²) in [6, 6.07) is 13.1. The number of benzene rings is 1. The van der Waals surface area contributed by atoms with Crippen LogP contribution in [0.4, 0.5) is 5.82 Å². The van der Waals surface area contributed by atoms with Gasteiger partial charge in [0.2, 0.25) is 11.7 Å². The Morgan fingerprint density at radius 2 is 1.69 bits per heavy atom. The first kappa shape index (κ1) is 18.4. The van der Waals surface area contributed by atoms with Crippen LogP contribution in [0.25, 0.3) is 17.3 Å². The van der Waals surface area contributed by atoms with E-state index in [0.717, 1.165) is 22.6 Å². The van der Waals surface area contributed by atoms with Gasteiger partial charge in [-0.3, -0.25) is 4.79 Å². The second kappa shape index (κ2) is 7.58. The van der Waals surface area contributed by atoms with E-state index in [9.17, 15) is 4.79 Å². The summed E-state index contributed by atoms with van der Waals surface area (Å²) in [4.78, 5) is 22.6. The van der Waals surface area contributed by atoms with Gasteiger partial charge in [0.25, 0.3) is 5.95 Å². The topological polar surface area (TPSA) is 116 Å². The van der Waals surface area contributed by atoms with Crippen LogP contribution in [-0.4, -0.2) is 45.9 Å². The zero-order valence-corrected chi connectivity index (χ0v) is 16.2. The van der Waals surface area contributed by atoms with Crippen molar-refractivity contribution in [3.8, 4) is 17.3 Å². The Morgan fingerprint density at radius 3 is 2.41 bits per heavy atom. The fourth-order valence-electron chi connectivity index (χ4n) is 2.87. The van der Waals surface area contributed by atoms with Gasteiger partial charge in [-0.25, -0.2) is 9.97 Å². The molecule has 1 aromatic carbocycles. The zero-order chi connectivity index (χ0) is 20.4. The minimum absolute atomic E-state index is 0.0856. The summed E-state index contributed by atoms with van der Waals surface area (Å²) in [5.41, 5.74) is 3.20. The second-order valence-corrected chi connectivity index (χ2v) is 6.59. The monoisotopic (exact) mass is 389 g/mol. The number of aryl methyl sites for hydroxylation is 3. The molecule has 0 fully saturated rings. The number of nitrogens with one attached hydrogen (secondary N) is 1. The molecular weight excluding hydrogens is 370 g/mol. The smallest absolute Gasteiger partial charge is 0.252 e. The van der Waals surface area contributed by atoms with Gasteiger partial charge in [-0.15, -0.1) is 10.2 Å². The largest absolute Gasteiger partial charge is 0.309 e. The van der Waals surface area contributed by atoms with E-state index in [1.54, 1.807) is 6.07 Å². The van der Waals surface area contributed by atoms with Crippen molar-refractivity contribution in [3.05, 3.63) is 59.5 Å². The molecule has 1 N–H and O–H groups in total. The molecule has 0 unspecified atom stereocenters. The number of carbonyl (C=O) groups excluding carboxylic acids is 1. The molecule has 29 heavy (non-hydrogen) atoms. The molecule has 1 amide bonds. The fourth-order valence-corrected chi connectivity index (χ4v) is 2.87. The molecule has 0 aliphatic carbocycles. The Kier molecular flexibility index (Phi) is 4.82. The molecule has 10 heteroatoms. The molecular formula is C19H19N9O. The maximum absolute atomic E-state index is 12.5. The predicted octanol–water partition coefficient (Wildman–Crippen LogP) is 1.88. The van der Waals surface area contributed by atoms with Gasteiger partial charge in [0.1, 0.15) is 12.4 Å². The number of carbonyl (C=O) groups is 1. The highest BCUT2D eigenvalue weighted by Crippen LogP contribution is 2.16. The van der Waals surface area contributed by atoms with E-state index in [2.05, 4.69) is 35.8 Å². The molecule has 3 heterocycles. The van der Waals surface area contributed by atoms with Gasteiger partial charge in [0.05, 0.1) is 5.69 Å². The molecule has 4 rings (SSSR count). The number of rotatable bonds is 5. The Hall–Kier alpha value is -3.95. The van der Waals surface area contributed by atoms with Gasteiger partial charge in [0, 0.05) is 23.0 Å². The SMILES string of the molecule is Cc1cc(C)nc(-n2nc(C)cc2NC(=O)Cn2nnc(-c3ccccc3)n2)n1. The summed E-state index contributed by atoms with van der Waals surface area (Å²) in [7, 11) is 0. The van der Waals surface area contributed by atoms with Crippen molar-refractivity contribution in [3.63, 3.8) is 0 Å². The van der Waals surface area contributed by atoms with Crippen LogP contribution in [0.5, 0.6) is 0 Å². The molecule has 0 aliphatic heterocycles. The third-order valence-corrected chi connectivity index (χ3v) is 4.03. The second-order valence-electron chi connectivity index (χ2n) is 6.59. The molecule has 0 bridgehead atoms. The lowest BCUT2D eigenvalue weighted by atomic mass is 10.2. The van der Waals surface area contributed by atoms with Crippen LogP contribution in [0.3, 0.4) is 0 Å². The van der Waals surface area contributed by atoms with Crippen LogP contribution in [0.15, 0.2) is 42.5 Å². The Morgan fingerprint density at radius 1 is 0.966 bits per heavy atom. The average molecular weight is 389 g/mol. The van der Waals surface area contributed by atoms with Gasteiger partial charge in [0.15, 0.2) is 0 Å². The lowest BCUT2D eigenvalue weighted by Crippen LogP contribution is -2.22. The number of amides is 1. The number of tetrazole rings is 1. The third-order valence-electron chi connectivity index (χ3n) is 4.03. The first-order valence-electron chi connectivity index (χ1n) is 9.00. The predicted molar refractivity (Wildman–Crippen MR) is 105 cm³/mol. The summed E-state index contributed by atoms with van der Waals surface area (Å²) in [5, 5.41) is 19.4. The highest BCUT2D eigenvalue weighted by Gasteiger charge is 2.15. The number of anilines is 1. The number of aromatic nitrogens is 8. The molecule has 0 saturated carbocycles. The van der Waals surface area contributed by atoms with E-state index in [1.807, 2.05) is 57.2 Å². The minimum Gasteiger partial charge on any atom is -0.309 e. The summed E-state index contributed by atoms with van der Waals surface area (Å²) in [6.07, 6.45) is 0. The Bertz CT molecular complexity index is 1140. The molecule has 0 spiro atoms. The van der Waals surface area contributed by atoms with E-state index in [4.69, 9.17) is 0 Å². The number of nitrogens with zero attached hydrogens (tertiary/aromatic N) is 8. The quantitative estimate of drug-likeness (QED) is 0.554. The summed E-state index contributed by atoms with van der Waals surface area (Å²) < 4.78 is 1.51. The van der Waals surface area contributed by atoms with Crippen LogP contribution in [0, 0.1) is 20.8 Å². The van der Waals surface area contributed by atoms with Gasteiger partial charge >= 0.3 is 0 Å². The van der Waals surface area contributed by atoms with Gasteiger partial charge < -0.3 is 5.32 Å². The van der Waals surface area contributed by atoms with E-state index in [1.165, 1.54) is 9.48 Å². The first-order chi connectivity index (χ1) is 14.0. The molecule has 0 saturated heterocycles. The molecule has 4 aromatic rings. The highest BCUT2D eigenvalue weighted by molar-refractivity contribution is 5.89. The van der Waals surface area contributed by atoms with Gasteiger partial charge in [-0.05, 0) is 32.1 Å². The Balaban J connectivity index is 1.52. The van der Waals surface area contributed by atoms with E-state index in [-0.39, 0.29) is 12.5 Å². The fraction of sp³-hybridized carbons (Fsp3) is 0.211. The van der Waals surface area contributed by atoms with Crippen LogP contribution < -0.4 is 5.32 Å². The molecule has 3 aromatic heterocycles. The number of hydrogen-bond acceptors (Lipinski definition) is 7. The Labute approximate surface area is 166 Å². The molecule has 10 nitrogen and oxygen atoms in total. The zero-order valence-electron chi connectivity index (χ0n) is 16.2. The summed E-state index contributed by atoms with van der Waals surface area (Å²) in [5.74, 6) is 1.02. The summed E-state index contributed by atoms with van der Waals surface area (Å²) in [6.45, 7) is 5.51. The average Bonchev–Trinajstić information content (AvgIpc) is 3.28. The van der Waals surface area contributed by atoms with Crippen LogP contribution in [0.2, 0.25) is 0 Å². The summed E-state index contributed by atoms with van der Waals surface area (Å²) >= 11 is 0. The molecule has 0 radical (unpaired) electrons. The van der Waals surface area contributed by atoms with Crippen LogP contribution in [0.1, 0.15) is 17.1 Å². The highest BCUT2D eigenvalue weighted by atomic mass is 16.2. The van der Waals surface area contributed by atoms with E-state index >= 15 is 0 Å². The standard InChI is InChI=1S/C19H19N9O/c1-12-9-13(2)21-19(20-12)28-16(10-14(3)24-28)22-17(29)11-27-25-18(23-26-27)15-7-5-4-6-8-15/h4-10H,11H2,1-3H3,(H,22,29). The molecule has 146 valence electrons. The van der Waals surface area contributed by atoms with Crippen LogP contribution in [-0.2, 0) is 11.3 Å². The lowest BCUT2D eigenvalue weighted by Gasteiger charge is -2.08. The van der Waals surface area contributed by atoms with Crippen molar-refractivity contribution >= 4 is 11.7 Å². The first-order valence-corrected chi connectivity index (χ1v) is 9.00. The number of hydrogen-bond donors (Lipinski definition) is 1. The van der Waals surface area contributed by atoms with E-state index in [0.29, 0.717) is 17.6 Å². The molecule has 0 atom stereocenters. The molecule has 0 aliphatic rings. The minimum atomic E-state index is -0.312. The van der Waals surface area contributed by atoms with Crippen molar-refractivity contribution in [1.82, 2.24) is 40.0 Å².